The standard InChI is InChI=1S/C18H29NO2/c1-4-8-14(9-5-2)18(21)19-16-12-7-11-15(13-16)17(20)10-6-3/h7,11-14,17,20H,4-6,8-10H2,1-3H3,(H,19,21). The molecular weight excluding hydrogens is 262 g/mol. The lowest BCUT2D eigenvalue weighted by Crippen LogP contribution is -2.22. The van der Waals surface area contributed by atoms with Crippen molar-refractivity contribution in [3.63, 3.8) is 0 Å². The summed E-state index contributed by atoms with van der Waals surface area (Å²) in [5.41, 5.74) is 1.65. The fraction of sp³-hybridized carbons (Fsp3) is 0.611. The molecule has 0 heterocycles. The molecule has 0 bridgehead atoms. The average Bonchev–Trinajstić information content (AvgIpc) is 2.47. The molecule has 1 amide bonds. The molecule has 0 aliphatic rings. The highest BCUT2D eigenvalue weighted by atomic mass is 16.3. The van der Waals surface area contributed by atoms with Crippen LogP contribution in [0.1, 0.15) is 71.0 Å². The molecule has 0 fully saturated rings. The highest BCUT2D eigenvalue weighted by Crippen LogP contribution is 2.22. The summed E-state index contributed by atoms with van der Waals surface area (Å²) in [5.74, 6) is 0.185. The van der Waals surface area contributed by atoms with E-state index in [1.54, 1.807) is 0 Å². The Labute approximate surface area is 128 Å². The number of carbonyl (C=O) groups excluding carboxylic acids is 1. The number of benzene rings is 1. The molecule has 2 N–H and O–H groups in total. The van der Waals surface area contributed by atoms with E-state index < -0.39 is 6.10 Å². The lowest BCUT2D eigenvalue weighted by atomic mass is 9.97. The van der Waals surface area contributed by atoms with Crippen LogP contribution in [0.2, 0.25) is 0 Å². The highest BCUT2D eigenvalue weighted by Gasteiger charge is 2.17. The van der Waals surface area contributed by atoms with E-state index in [0.717, 1.165) is 49.8 Å². The predicted molar refractivity (Wildman–Crippen MR) is 88.2 cm³/mol. The molecule has 118 valence electrons. The van der Waals surface area contributed by atoms with Gasteiger partial charge in [0.05, 0.1) is 6.10 Å². The second-order valence-electron chi connectivity index (χ2n) is 5.69. The van der Waals surface area contributed by atoms with Gasteiger partial charge in [-0.1, -0.05) is 52.2 Å². The maximum atomic E-state index is 12.3. The molecule has 1 atom stereocenters. The van der Waals surface area contributed by atoms with Crippen LogP contribution < -0.4 is 5.32 Å². The molecule has 0 saturated carbocycles. The van der Waals surface area contributed by atoms with E-state index >= 15 is 0 Å². The van der Waals surface area contributed by atoms with Gasteiger partial charge in [0.15, 0.2) is 0 Å². The summed E-state index contributed by atoms with van der Waals surface area (Å²) in [5, 5.41) is 13.0. The first-order valence-electron chi connectivity index (χ1n) is 8.21. The number of rotatable bonds is 9. The lowest BCUT2D eigenvalue weighted by molar-refractivity contribution is -0.120. The lowest BCUT2D eigenvalue weighted by Gasteiger charge is -2.16. The van der Waals surface area contributed by atoms with Crippen molar-refractivity contribution in [1.29, 1.82) is 0 Å². The largest absolute Gasteiger partial charge is 0.388 e. The quantitative estimate of drug-likeness (QED) is 0.694. The third kappa shape index (κ3) is 5.88. The smallest absolute Gasteiger partial charge is 0.227 e. The molecule has 0 saturated heterocycles. The highest BCUT2D eigenvalue weighted by molar-refractivity contribution is 5.92. The van der Waals surface area contributed by atoms with Crippen LogP contribution in [0.4, 0.5) is 5.69 Å². The summed E-state index contributed by atoms with van der Waals surface area (Å²) in [6, 6.07) is 7.56. The monoisotopic (exact) mass is 291 g/mol. The first-order chi connectivity index (χ1) is 10.1. The molecule has 0 aliphatic carbocycles. The fourth-order valence-electron chi connectivity index (χ4n) is 2.61. The molecule has 0 radical (unpaired) electrons. The Morgan fingerprint density at radius 1 is 1.10 bits per heavy atom. The molecule has 1 aromatic carbocycles. The summed E-state index contributed by atoms with van der Waals surface area (Å²) in [7, 11) is 0. The summed E-state index contributed by atoms with van der Waals surface area (Å²) in [6.07, 6.45) is 5.13. The summed E-state index contributed by atoms with van der Waals surface area (Å²) >= 11 is 0. The third-order valence-corrected chi connectivity index (χ3v) is 3.75. The molecule has 0 aromatic heterocycles. The topological polar surface area (TPSA) is 49.3 Å². The van der Waals surface area contributed by atoms with Gasteiger partial charge in [-0.15, -0.1) is 0 Å². The van der Waals surface area contributed by atoms with Crippen LogP contribution >= 0.6 is 0 Å². The van der Waals surface area contributed by atoms with Crippen LogP contribution in [0, 0.1) is 5.92 Å². The molecule has 3 heteroatoms. The van der Waals surface area contributed by atoms with E-state index in [0.29, 0.717) is 0 Å². The molecule has 1 aromatic rings. The van der Waals surface area contributed by atoms with Crippen molar-refractivity contribution in [3.05, 3.63) is 29.8 Å². The Balaban J connectivity index is 2.73. The maximum Gasteiger partial charge on any atom is 0.227 e. The number of aliphatic hydroxyl groups is 1. The van der Waals surface area contributed by atoms with Gasteiger partial charge < -0.3 is 10.4 Å². The van der Waals surface area contributed by atoms with Crippen molar-refractivity contribution in [1.82, 2.24) is 0 Å². The van der Waals surface area contributed by atoms with Gasteiger partial charge in [0, 0.05) is 11.6 Å². The van der Waals surface area contributed by atoms with Crippen LogP contribution in [0.25, 0.3) is 0 Å². The minimum atomic E-state index is -0.450. The van der Waals surface area contributed by atoms with Gasteiger partial charge in [0.25, 0.3) is 0 Å². The molecule has 1 unspecified atom stereocenters. The van der Waals surface area contributed by atoms with Crippen molar-refractivity contribution in [2.45, 2.75) is 65.4 Å². The van der Waals surface area contributed by atoms with Gasteiger partial charge in [-0.25, -0.2) is 0 Å². The molecule has 3 nitrogen and oxygen atoms in total. The van der Waals surface area contributed by atoms with Crippen molar-refractivity contribution in [3.8, 4) is 0 Å². The zero-order valence-electron chi connectivity index (χ0n) is 13.6. The van der Waals surface area contributed by atoms with Crippen LogP contribution in [0.5, 0.6) is 0 Å². The minimum Gasteiger partial charge on any atom is -0.388 e. The zero-order valence-corrected chi connectivity index (χ0v) is 13.6. The summed E-state index contributed by atoms with van der Waals surface area (Å²) in [4.78, 5) is 12.3. The number of anilines is 1. The van der Waals surface area contributed by atoms with Gasteiger partial charge in [-0.3, -0.25) is 4.79 Å². The first-order valence-corrected chi connectivity index (χ1v) is 8.21. The van der Waals surface area contributed by atoms with Gasteiger partial charge in [-0.05, 0) is 37.0 Å². The molecule has 0 spiro atoms. The Morgan fingerprint density at radius 3 is 2.29 bits per heavy atom. The van der Waals surface area contributed by atoms with E-state index in [9.17, 15) is 9.90 Å². The van der Waals surface area contributed by atoms with E-state index in [1.807, 2.05) is 24.3 Å². The maximum absolute atomic E-state index is 12.3. The van der Waals surface area contributed by atoms with E-state index in [1.165, 1.54) is 0 Å². The van der Waals surface area contributed by atoms with Crippen LogP contribution in [0.3, 0.4) is 0 Å². The number of aliphatic hydroxyl groups excluding tert-OH is 1. The summed E-state index contributed by atoms with van der Waals surface area (Å²) in [6.45, 7) is 6.27. The predicted octanol–water partition coefficient (Wildman–Crippen LogP) is 4.68. The van der Waals surface area contributed by atoms with E-state index in [4.69, 9.17) is 0 Å². The van der Waals surface area contributed by atoms with Gasteiger partial charge >= 0.3 is 0 Å². The summed E-state index contributed by atoms with van der Waals surface area (Å²) < 4.78 is 0. The van der Waals surface area contributed by atoms with Crippen molar-refractivity contribution in [2.24, 2.45) is 5.92 Å². The van der Waals surface area contributed by atoms with Crippen LogP contribution in [0.15, 0.2) is 24.3 Å². The number of hydrogen-bond acceptors (Lipinski definition) is 2. The Bertz CT molecular complexity index is 425. The number of nitrogens with one attached hydrogen (secondary N) is 1. The Morgan fingerprint density at radius 2 is 1.71 bits per heavy atom. The van der Waals surface area contributed by atoms with E-state index in [-0.39, 0.29) is 11.8 Å². The second kappa shape index (κ2) is 9.56. The number of carbonyl (C=O) groups is 1. The van der Waals surface area contributed by atoms with Crippen molar-refractivity contribution in [2.75, 3.05) is 5.32 Å². The van der Waals surface area contributed by atoms with Gasteiger partial charge in [0.2, 0.25) is 5.91 Å². The SMILES string of the molecule is CCCC(CCC)C(=O)Nc1cccc(C(O)CCC)c1. The molecule has 1 rings (SSSR count). The van der Waals surface area contributed by atoms with Gasteiger partial charge in [-0.2, -0.15) is 0 Å². The van der Waals surface area contributed by atoms with Gasteiger partial charge in [0.1, 0.15) is 0 Å². The number of amides is 1. The molecular formula is C18H29NO2. The van der Waals surface area contributed by atoms with Crippen LogP contribution in [-0.4, -0.2) is 11.0 Å². The Hall–Kier alpha value is -1.35. The minimum absolute atomic E-state index is 0.0872. The fourth-order valence-corrected chi connectivity index (χ4v) is 2.61. The zero-order chi connectivity index (χ0) is 15.7. The van der Waals surface area contributed by atoms with Crippen molar-refractivity contribution >= 4 is 11.6 Å². The first kappa shape index (κ1) is 17.7. The average molecular weight is 291 g/mol. The second-order valence-corrected chi connectivity index (χ2v) is 5.69. The normalized spacial score (nSPS) is 12.4. The molecule has 0 aliphatic heterocycles. The molecule has 21 heavy (non-hydrogen) atoms. The van der Waals surface area contributed by atoms with Crippen molar-refractivity contribution < 1.29 is 9.90 Å². The Kier molecular flexibility index (Phi) is 8.06. The third-order valence-electron chi connectivity index (χ3n) is 3.75. The van der Waals surface area contributed by atoms with Crippen LogP contribution in [-0.2, 0) is 4.79 Å². The van der Waals surface area contributed by atoms with E-state index in [2.05, 4.69) is 26.1 Å². The number of hydrogen-bond donors (Lipinski definition) is 2.